The molecule has 0 aliphatic heterocycles. The number of aromatic nitrogens is 2. The lowest BCUT2D eigenvalue weighted by molar-refractivity contribution is 0.0690. The quantitative estimate of drug-likeness (QED) is 0.819. The normalized spacial score (nSPS) is 10.5. The molecular weight excluding hydrogens is 283 g/mol. The van der Waals surface area contributed by atoms with Crippen LogP contribution in [0.5, 0.6) is 0 Å². The van der Waals surface area contributed by atoms with Crippen molar-refractivity contribution in [1.82, 2.24) is 9.97 Å². The highest BCUT2D eigenvalue weighted by molar-refractivity contribution is 9.10. The summed E-state index contributed by atoms with van der Waals surface area (Å²) in [6.07, 6.45) is 1.54. The predicted molar refractivity (Wildman–Crippen MR) is 59.2 cm³/mol. The molecule has 15 heavy (non-hydrogen) atoms. The molecule has 76 valence electrons. The Labute approximate surface area is 98.0 Å². The number of carboxylic acids is 1. The molecule has 0 aromatic carbocycles. The van der Waals surface area contributed by atoms with Crippen LogP contribution < -0.4 is 0 Å². The zero-order valence-electron chi connectivity index (χ0n) is 7.24. The predicted octanol–water partition coefficient (Wildman–Crippen LogP) is 2.74. The Bertz CT molecular complexity index is 559. The molecule has 0 fully saturated rings. The minimum atomic E-state index is -1.09. The number of hydrogen-bond acceptors (Lipinski definition) is 3. The second-order valence-electron chi connectivity index (χ2n) is 2.82. The van der Waals surface area contributed by atoms with Crippen LogP contribution in [0, 0.1) is 0 Å². The van der Waals surface area contributed by atoms with Crippen LogP contribution >= 0.6 is 27.5 Å². The molecule has 2 heterocycles. The van der Waals surface area contributed by atoms with Crippen LogP contribution in [-0.2, 0) is 0 Å². The first-order valence-corrected chi connectivity index (χ1v) is 5.10. The van der Waals surface area contributed by atoms with Gasteiger partial charge in [0.1, 0.15) is 5.15 Å². The van der Waals surface area contributed by atoms with Crippen LogP contribution in [0.4, 0.5) is 0 Å². The first-order chi connectivity index (χ1) is 7.08. The third-order valence-electron chi connectivity index (χ3n) is 1.82. The number of hydrogen-bond donors (Lipinski definition) is 1. The van der Waals surface area contributed by atoms with E-state index in [2.05, 4.69) is 25.9 Å². The van der Waals surface area contributed by atoms with Crippen molar-refractivity contribution in [3.8, 4) is 0 Å². The van der Waals surface area contributed by atoms with Gasteiger partial charge in [-0.05, 0) is 22.0 Å². The average molecular weight is 288 g/mol. The van der Waals surface area contributed by atoms with Crippen molar-refractivity contribution in [3.63, 3.8) is 0 Å². The van der Waals surface area contributed by atoms with E-state index in [1.54, 1.807) is 12.3 Å². The van der Waals surface area contributed by atoms with E-state index in [1.165, 1.54) is 6.07 Å². The molecule has 4 nitrogen and oxygen atoms in total. The highest BCUT2D eigenvalue weighted by atomic mass is 79.9. The molecule has 1 N–H and O–H groups in total. The summed E-state index contributed by atoms with van der Waals surface area (Å²) in [5.74, 6) is -1.09. The molecular formula is C9H4BrClN2O2. The lowest BCUT2D eigenvalue weighted by atomic mass is 10.2. The molecule has 0 aliphatic rings. The molecule has 6 heteroatoms. The topological polar surface area (TPSA) is 63.1 Å². The Kier molecular flexibility index (Phi) is 2.58. The third-order valence-corrected chi connectivity index (χ3v) is 2.63. The van der Waals surface area contributed by atoms with Gasteiger partial charge in [0.2, 0.25) is 0 Å². The van der Waals surface area contributed by atoms with Gasteiger partial charge >= 0.3 is 5.97 Å². The second kappa shape index (κ2) is 3.75. The van der Waals surface area contributed by atoms with Gasteiger partial charge in [0.25, 0.3) is 0 Å². The number of carbonyl (C=O) groups is 1. The van der Waals surface area contributed by atoms with Crippen molar-refractivity contribution in [2.24, 2.45) is 0 Å². The van der Waals surface area contributed by atoms with Gasteiger partial charge in [-0.1, -0.05) is 11.6 Å². The van der Waals surface area contributed by atoms with Crippen LogP contribution in [0.25, 0.3) is 10.9 Å². The smallest absolute Gasteiger partial charge is 0.355 e. The molecule has 2 rings (SSSR count). The van der Waals surface area contributed by atoms with Crippen LogP contribution in [-0.4, -0.2) is 21.0 Å². The van der Waals surface area contributed by atoms with Crippen LogP contribution in [0.3, 0.4) is 0 Å². The minimum Gasteiger partial charge on any atom is -0.476 e. The molecule has 0 aliphatic carbocycles. The number of aromatic carboxylic acids is 1. The van der Waals surface area contributed by atoms with Gasteiger partial charge in [0.05, 0.1) is 9.99 Å². The lowest BCUT2D eigenvalue weighted by Gasteiger charge is -2.01. The molecule has 0 amide bonds. The maximum absolute atomic E-state index is 10.8. The summed E-state index contributed by atoms with van der Waals surface area (Å²) in [4.78, 5) is 18.7. The maximum atomic E-state index is 10.8. The van der Waals surface area contributed by atoms with E-state index in [0.717, 1.165) is 5.39 Å². The largest absolute Gasteiger partial charge is 0.476 e. The van der Waals surface area contributed by atoms with Gasteiger partial charge in [0.15, 0.2) is 5.69 Å². The Morgan fingerprint density at radius 1 is 1.47 bits per heavy atom. The summed E-state index contributed by atoms with van der Waals surface area (Å²) >= 11 is 8.81. The Balaban J connectivity index is 2.77. The molecule has 0 unspecified atom stereocenters. The van der Waals surface area contributed by atoms with Crippen LogP contribution in [0.15, 0.2) is 22.8 Å². The first kappa shape index (κ1) is 10.3. The van der Waals surface area contributed by atoms with Crippen molar-refractivity contribution in [2.45, 2.75) is 0 Å². The van der Waals surface area contributed by atoms with Gasteiger partial charge in [0, 0.05) is 17.6 Å². The number of carboxylic acid groups (broad SMARTS) is 1. The number of pyridine rings is 2. The number of fused-ring (bicyclic) bond motifs is 1. The summed E-state index contributed by atoms with van der Waals surface area (Å²) < 4.78 is 0.423. The van der Waals surface area contributed by atoms with Gasteiger partial charge in [-0.3, -0.25) is 0 Å². The summed E-state index contributed by atoms with van der Waals surface area (Å²) in [7, 11) is 0. The van der Waals surface area contributed by atoms with Crippen molar-refractivity contribution in [1.29, 1.82) is 0 Å². The first-order valence-electron chi connectivity index (χ1n) is 3.93. The SMILES string of the molecule is O=C(O)c1nc2cc(Cl)ncc2cc1Br. The number of nitrogens with zero attached hydrogens (tertiary/aromatic N) is 2. The van der Waals surface area contributed by atoms with Crippen molar-refractivity contribution >= 4 is 44.4 Å². The molecule has 0 atom stereocenters. The standard InChI is InChI=1S/C9H4BrClN2O2/c10-5-1-4-3-12-7(11)2-6(4)13-8(5)9(14)15/h1-3H,(H,14,15). The van der Waals surface area contributed by atoms with E-state index in [9.17, 15) is 4.79 Å². The molecule has 2 aromatic heterocycles. The maximum Gasteiger partial charge on any atom is 0.355 e. The molecule has 0 saturated carbocycles. The third kappa shape index (κ3) is 1.93. The van der Waals surface area contributed by atoms with E-state index >= 15 is 0 Å². The average Bonchev–Trinajstić information content (AvgIpc) is 2.17. The molecule has 0 saturated heterocycles. The number of halogens is 2. The van der Waals surface area contributed by atoms with Crippen LogP contribution in [0.1, 0.15) is 10.5 Å². The fraction of sp³-hybridized carbons (Fsp3) is 0. The zero-order valence-corrected chi connectivity index (χ0v) is 9.58. The molecule has 0 radical (unpaired) electrons. The fourth-order valence-corrected chi connectivity index (χ4v) is 1.82. The van der Waals surface area contributed by atoms with Crippen LogP contribution in [0.2, 0.25) is 5.15 Å². The van der Waals surface area contributed by atoms with Crippen molar-refractivity contribution < 1.29 is 9.90 Å². The Hall–Kier alpha value is -1.20. The summed E-state index contributed by atoms with van der Waals surface area (Å²) in [5.41, 5.74) is 0.473. The van der Waals surface area contributed by atoms with E-state index in [0.29, 0.717) is 9.99 Å². The molecule has 0 bridgehead atoms. The number of rotatable bonds is 1. The highest BCUT2D eigenvalue weighted by Gasteiger charge is 2.11. The van der Waals surface area contributed by atoms with Gasteiger partial charge in [-0.25, -0.2) is 14.8 Å². The van der Waals surface area contributed by atoms with E-state index in [4.69, 9.17) is 16.7 Å². The van der Waals surface area contributed by atoms with E-state index in [1.807, 2.05) is 0 Å². The summed E-state index contributed by atoms with van der Waals surface area (Å²) in [5, 5.41) is 9.87. The Morgan fingerprint density at radius 3 is 2.87 bits per heavy atom. The second-order valence-corrected chi connectivity index (χ2v) is 4.07. The van der Waals surface area contributed by atoms with Gasteiger partial charge in [-0.15, -0.1) is 0 Å². The minimum absolute atomic E-state index is 0.0373. The van der Waals surface area contributed by atoms with Crippen molar-refractivity contribution in [2.75, 3.05) is 0 Å². The van der Waals surface area contributed by atoms with E-state index < -0.39 is 5.97 Å². The summed E-state index contributed by atoms with van der Waals surface area (Å²) in [6, 6.07) is 3.17. The summed E-state index contributed by atoms with van der Waals surface area (Å²) in [6.45, 7) is 0. The van der Waals surface area contributed by atoms with E-state index in [-0.39, 0.29) is 10.8 Å². The molecule has 2 aromatic rings. The highest BCUT2D eigenvalue weighted by Crippen LogP contribution is 2.22. The Morgan fingerprint density at radius 2 is 2.20 bits per heavy atom. The van der Waals surface area contributed by atoms with Gasteiger partial charge in [-0.2, -0.15) is 0 Å². The monoisotopic (exact) mass is 286 g/mol. The lowest BCUT2D eigenvalue weighted by Crippen LogP contribution is -2.01. The fourth-order valence-electron chi connectivity index (χ4n) is 1.17. The van der Waals surface area contributed by atoms with Gasteiger partial charge < -0.3 is 5.11 Å². The molecule has 0 spiro atoms. The zero-order chi connectivity index (χ0) is 11.0. The van der Waals surface area contributed by atoms with Crippen molar-refractivity contribution in [3.05, 3.63) is 33.6 Å².